The van der Waals surface area contributed by atoms with Crippen molar-refractivity contribution in [2.75, 3.05) is 26.3 Å². The summed E-state index contributed by atoms with van der Waals surface area (Å²) >= 11 is 0. The molecular weight excluding hydrogens is 368 g/mol. The topological polar surface area (TPSA) is 72.9 Å². The minimum atomic E-state index is -3.66. The first-order valence-corrected chi connectivity index (χ1v) is 9.17. The first-order chi connectivity index (χ1) is 12.4. The summed E-state index contributed by atoms with van der Waals surface area (Å²) in [5, 5.41) is 0. The van der Waals surface area contributed by atoms with Gasteiger partial charge in [-0.1, -0.05) is 0 Å². The van der Waals surface area contributed by atoms with Crippen molar-refractivity contribution in [3.8, 4) is 5.75 Å². The van der Waals surface area contributed by atoms with Gasteiger partial charge in [-0.2, -0.15) is 4.31 Å². The van der Waals surface area contributed by atoms with E-state index < -0.39 is 27.6 Å². The van der Waals surface area contributed by atoms with Crippen LogP contribution in [0.3, 0.4) is 0 Å². The molecule has 0 amide bonds. The molecule has 0 aromatic heterocycles. The molecule has 0 bridgehead atoms. The van der Waals surface area contributed by atoms with E-state index in [2.05, 4.69) is 0 Å². The van der Waals surface area contributed by atoms with E-state index in [0.29, 0.717) is 13.2 Å². The summed E-state index contributed by atoms with van der Waals surface area (Å²) in [5.74, 6) is -3.16. The largest absolute Gasteiger partial charge is 0.423 e. The van der Waals surface area contributed by atoms with Gasteiger partial charge in [-0.15, -0.1) is 0 Å². The molecule has 2 aromatic rings. The SMILES string of the molecule is O=C(Oc1ccc(F)c(F)c1)c1ccc(S(=O)(=O)N2CCOCC2)cc1. The Morgan fingerprint density at radius 1 is 1.00 bits per heavy atom. The molecule has 2 aromatic carbocycles. The Bertz CT molecular complexity index is 909. The lowest BCUT2D eigenvalue weighted by atomic mass is 10.2. The van der Waals surface area contributed by atoms with Crippen LogP contribution in [-0.4, -0.2) is 45.0 Å². The molecule has 26 heavy (non-hydrogen) atoms. The Hall–Kier alpha value is -2.36. The maximum atomic E-state index is 13.1. The molecule has 9 heteroatoms. The third-order valence-corrected chi connectivity index (χ3v) is 5.71. The fourth-order valence-corrected chi connectivity index (χ4v) is 3.81. The molecule has 1 saturated heterocycles. The van der Waals surface area contributed by atoms with Crippen molar-refractivity contribution in [1.82, 2.24) is 4.31 Å². The van der Waals surface area contributed by atoms with Gasteiger partial charge in [-0.25, -0.2) is 22.0 Å². The van der Waals surface area contributed by atoms with Gasteiger partial charge in [0.15, 0.2) is 11.6 Å². The molecule has 0 atom stereocenters. The van der Waals surface area contributed by atoms with Crippen LogP contribution in [0, 0.1) is 11.6 Å². The van der Waals surface area contributed by atoms with Crippen LogP contribution in [0.5, 0.6) is 5.75 Å². The van der Waals surface area contributed by atoms with E-state index in [1.807, 2.05) is 0 Å². The molecule has 0 saturated carbocycles. The van der Waals surface area contributed by atoms with Gasteiger partial charge in [0, 0.05) is 19.2 Å². The Labute approximate surface area is 149 Å². The summed E-state index contributed by atoms with van der Waals surface area (Å²) in [6, 6.07) is 7.92. The van der Waals surface area contributed by atoms with Crippen molar-refractivity contribution in [3.05, 3.63) is 59.7 Å². The second-order valence-corrected chi connectivity index (χ2v) is 7.44. The zero-order valence-corrected chi connectivity index (χ0v) is 14.3. The van der Waals surface area contributed by atoms with Crippen LogP contribution in [0.15, 0.2) is 47.4 Å². The van der Waals surface area contributed by atoms with Crippen LogP contribution in [0.4, 0.5) is 8.78 Å². The quantitative estimate of drug-likeness (QED) is 0.598. The fraction of sp³-hybridized carbons (Fsp3) is 0.235. The third kappa shape index (κ3) is 3.90. The lowest BCUT2D eigenvalue weighted by Gasteiger charge is -2.26. The van der Waals surface area contributed by atoms with Crippen molar-refractivity contribution in [2.24, 2.45) is 0 Å². The zero-order valence-electron chi connectivity index (χ0n) is 13.5. The van der Waals surface area contributed by atoms with Crippen LogP contribution in [0.2, 0.25) is 0 Å². The number of ether oxygens (including phenoxy) is 2. The summed E-state index contributed by atoms with van der Waals surface area (Å²) in [6.45, 7) is 1.19. The number of carbonyl (C=O) groups excluding carboxylic acids is 1. The van der Waals surface area contributed by atoms with Gasteiger partial charge in [0.2, 0.25) is 10.0 Å². The van der Waals surface area contributed by atoms with Gasteiger partial charge in [-0.3, -0.25) is 0 Å². The maximum absolute atomic E-state index is 13.1. The molecule has 138 valence electrons. The summed E-state index contributed by atoms with van der Waals surface area (Å²) in [5.41, 5.74) is 0.0793. The van der Waals surface area contributed by atoms with Crippen LogP contribution in [-0.2, 0) is 14.8 Å². The predicted octanol–water partition coefficient (Wildman–Crippen LogP) is 2.20. The highest BCUT2D eigenvalue weighted by atomic mass is 32.2. The average Bonchev–Trinajstić information content (AvgIpc) is 2.65. The Kier molecular flexibility index (Phi) is 5.30. The van der Waals surface area contributed by atoms with Crippen LogP contribution < -0.4 is 4.74 Å². The average molecular weight is 383 g/mol. The zero-order chi connectivity index (χ0) is 18.7. The summed E-state index contributed by atoms with van der Waals surface area (Å²) in [6.07, 6.45) is 0. The third-order valence-electron chi connectivity index (χ3n) is 3.80. The number of morpholine rings is 1. The smallest absolute Gasteiger partial charge is 0.343 e. The summed E-state index contributed by atoms with van der Waals surface area (Å²) in [4.78, 5) is 12.1. The molecule has 1 aliphatic rings. The molecule has 0 unspecified atom stereocenters. The van der Waals surface area contributed by atoms with E-state index in [0.717, 1.165) is 18.2 Å². The van der Waals surface area contributed by atoms with Crippen LogP contribution in [0.1, 0.15) is 10.4 Å². The molecular formula is C17H15F2NO5S. The molecule has 1 fully saturated rings. The van der Waals surface area contributed by atoms with E-state index in [4.69, 9.17) is 9.47 Å². The van der Waals surface area contributed by atoms with E-state index in [1.165, 1.54) is 28.6 Å². The number of rotatable bonds is 4. The minimum absolute atomic E-state index is 0.0452. The fourth-order valence-electron chi connectivity index (χ4n) is 2.41. The lowest BCUT2D eigenvalue weighted by Crippen LogP contribution is -2.40. The van der Waals surface area contributed by atoms with Crippen molar-refractivity contribution in [3.63, 3.8) is 0 Å². The summed E-state index contributed by atoms with van der Waals surface area (Å²) in [7, 11) is -3.66. The number of benzene rings is 2. The van der Waals surface area contributed by atoms with Crippen molar-refractivity contribution in [1.29, 1.82) is 0 Å². The molecule has 6 nitrogen and oxygen atoms in total. The first-order valence-electron chi connectivity index (χ1n) is 7.73. The molecule has 0 N–H and O–H groups in total. The molecule has 0 radical (unpaired) electrons. The van der Waals surface area contributed by atoms with Crippen molar-refractivity contribution < 1.29 is 31.5 Å². The highest BCUT2D eigenvalue weighted by molar-refractivity contribution is 7.89. The second-order valence-electron chi connectivity index (χ2n) is 5.51. The van der Waals surface area contributed by atoms with Crippen LogP contribution in [0.25, 0.3) is 0 Å². The van der Waals surface area contributed by atoms with Gasteiger partial charge in [-0.05, 0) is 36.4 Å². The monoisotopic (exact) mass is 383 g/mol. The first kappa shape index (κ1) is 18.4. The van der Waals surface area contributed by atoms with Crippen molar-refractivity contribution >= 4 is 16.0 Å². The minimum Gasteiger partial charge on any atom is -0.423 e. The predicted molar refractivity (Wildman–Crippen MR) is 87.3 cm³/mol. The Morgan fingerprint density at radius 3 is 2.27 bits per heavy atom. The van der Waals surface area contributed by atoms with E-state index in [-0.39, 0.29) is 29.3 Å². The molecule has 0 spiro atoms. The Balaban J connectivity index is 1.74. The van der Waals surface area contributed by atoms with E-state index >= 15 is 0 Å². The highest BCUT2D eigenvalue weighted by Gasteiger charge is 2.26. The number of hydrogen-bond donors (Lipinski definition) is 0. The number of esters is 1. The van der Waals surface area contributed by atoms with E-state index in [9.17, 15) is 22.0 Å². The van der Waals surface area contributed by atoms with Gasteiger partial charge < -0.3 is 9.47 Å². The van der Waals surface area contributed by atoms with Crippen LogP contribution >= 0.6 is 0 Å². The molecule has 1 aliphatic heterocycles. The van der Waals surface area contributed by atoms with Crippen molar-refractivity contribution in [2.45, 2.75) is 4.90 Å². The normalized spacial score (nSPS) is 15.6. The van der Waals surface area contributed by atoms with Gasteiger partial charge in [0.05, 0.1) is 23.7 Å². The number of hydrogen-bond acceptors (Lipinski definition) is 5. The van der Waals surface area contributed by atoms with Gasteiger partial charge >= 0.3 is 5.97 Å². The standard InChI is InChI=1S/C17H15F2NO5S/c18-15-6-3-13(11-16(15)19)25-17(21)12-1-4-14(5-2-12)26(22,23)20-7-9-24-10-8-20/h1-6,11H,7-10H2. The number of sulfonamides is 1. The second kappa shape index (κ2) is 7.48. The number of carbonyl (C=O) groups is 1. The summed E-state index contributed by atoms with van der Waals surface area (Å²) < 4.78 is 62.4. The Morgan fingerprint density at radius 2 is 1.65 bits per heavy atom. The lowest BCUT2D eigenvalue weighted by molar-refractivity contribution is 0.0730. The molecule has 3 rings (SSSR count). The van der Waals surface area contributed by atoms with E-state index in [1.54, 1.807) is 0 Å². The molecule has 1 heterocycles. The molecule has 0 aliphatic carbocycles. The van der Waals surface area contributed by atoms with Gasteiger partial charge in [0.25, 0.3) is 0 Å². The maximum Gasteiger partial charge on any atom is 0.343 e. The number of nitrogens with zero attached hydrogens (tertiary/aromatic N) is 1. The van der Waals surface area contributed by atoms with Gasteiger partial charge in [0.1, 0.15) is 5.75 Å². The number of halogens is 2. The highest BCUT2D eigenvalue weighted by Crippen LogP contribution is 2.20.